The van der Waals surface area contributed by atoms with Crippen LogP contribution in [-0.4, -0.2) is 31.1 Å². The summed E-state index contributed by atoms with van der Waals surface area (Å²) >= 11 is 0. The second-order valence-corrected chi connectivity index (χ2v) is 4.98. The number of rotatable bonds is 6. The minimum atomic E-state index is -4.41. The first-order chi connectivity index (χ1) is 8.68. The third kappa shape index (κ3) is 7.44. The van der Waals surface area contributed by atoms with Crippen molar-refractivity contribution in [3.05, 3.63) is 0 Å². The molecule has 0 aromatic heterocycles. The van der Waals surface area contributed by atoms with E-state index in [2.05, 4.69) is 4.74 Å². The van der Waals surface area contributed by atoms with Gasteiger partial charge in [-0.05, 0) is 18.8 Å². The number of hydrogen-bond acceptors (Lipinski definition) is 2. The normalized spacial score (nSPS) is 23.3. The number of ether oxygens (including phenoxy) is 1. The summed E-state index contributed by atoms with van der Waals surface area (Å²) in [6.07, 6.45) is -4.05. The lowest BCUT2D eigenvalue weighted by molar-refractivity contribution is -0.174. The number of carbonyl (C=O) groups is 1. The van der Waals surface area contributed by atoms with E-state index < -0.39 is 18.7 Å². The molecule has 1 rings (SSSR count). The van der Waals surface area contributed by atoms with E-state index in [0.717, 1.165) is 0 Å². The van der Waals surface area contributed by atoms with Crippen LogP contribution in [0.5, 0.6) is 0 Å². The SMILES string of the molecule is O=C(CCOCC(F)(F)F)CC1CCCC(F)(F)C1. The quantitative estimate of drug-likeness (QED) is 0.550. The number of hydrogen-bond donors (Lipinski definition) is 0. The zero-order valence-corrected chi connectivity index (χ0v) is 10.4. The molecule has 1 aliphatic carbocycles. The van der Waals surface area contributed by atoms with Gasteiger partial charge < -0.3 is 4.74 Å². The average molecular weight is 288 g/mol. The fourth-order valence-corrected chi connectivity index (χ4v) is 2.25. The lowest BCUT2D eigenvalue weighted by Gasteiger charge is -2.28. The van der Waals surface area contributed by atoms with Gasteiger partial charge in [-0.3, -0.25) is 4.79 Å². The Morgan fingerprint density at radius 1 is 1.32 bits per heavy atom. The van der Waals surface area contributed by atoms with Gasteiger partial charge in [-0.15, -0.1) is 0 Å². The third-order valence-electron chi connectivity index (χ3n) is 3.05. The maximum absolute atomic E-state index is 13.1. The lowest BCUT2D eigenvalue weighted by atomic mass is 9.83. The monoisotopic (exact) mass is 288 g/mol. The van der Waals surface area contributed by atoms with Crippen LogP contribution >= 0.6 is 0 Å². The predicted octanol–water partition coefficient (Wildman–Crippen LogP) is 3.74. The predicted molar refractivity (Wildman–Crippen MR) is 58.0 cm³/mol. The second-order valence-electron chi connectivity index (χ2n) is 4.98. The molecule has 0 spiro atoms. The molecule has 19 heavy (non-hydrogen) atoms. The van der Waals surface area contributed by atoms with Crippen molar-refractivity contribution < 1.29 is 31.5 Å². The van der Waals surface area contributed by atoms with Crippen LogP contribution in [0.15, 0.2) is 0 Å². The molecule has 1 fully saturated rings. The van der Waals surface area contributed by atoms with Gasteiger partial charge in [-0.2, -0.15) is 13.2 Å². The fraction of sp³-hybridized carbons (Fsp3) is 0.917. The number of alkyl halides is 5. The van der Waals surface area contributed by atoms with Crippen molar-refractivity contribution in [3.63, 3.8) is 0 Å². The molecule has 1 unspecified atom stereocenters. The first-order valence-electron chi connectivity index (χ1n) is 6.22. The van der Waals surface area contributed by atoms with Crippen LogP contribution in [0, 0.1) is 5.92 Å². The third-order valence-corrected chi connectivity index (χ3v) is 3.05. The van der Waals surface area contributed by atoms with Crippen molar-refractivity contribution in [2.24, 2.45) is 5.92 Å². The van der Waals surface area contributed by atoms with Crippen molar-refractivity contribution in [1.29, 1.82) is 0 Å². The summed E-state index contributed by atoms with van der Waals surface area (Å²) < 4.78 is 65.7. The molecule has 1 atom stereocenters. The Morgan fingerprint density at radius 3 is 2.58 bits per heavy atom. The van der Waals surface area contributed by atoms with Gasteiger partial charge >= 0.3 is 6.18 Å². The van der Waals surface area contributed by atoms with Crippen molar-refractivity contribution >= 4 is 5.78 Å². The molecule has 0 radical (unpaired) electrons. The summed E-state index contributed by atoms with van der Waals surface area (Å²) in [5.74, 6) is -3.39. The molecule has 0 heterocycles. The van der Waals surface area contributed by atoms with Gasteiger partial charge in [0.15, 0.2) is 0 Å². The van der Waals surface area contributed by atoms with Gasteiger partial charge in [0.25, 0.3) is 0 Å². The minimum absolute atomic E-state index is 0.00493. The van der Waals surface area contributed by atoms with Crippen LogP contribution in [0.3, 0.4) is 0 Å². The smallest absolute Gasteiger partial charge is 0.372 e. The van der Waals surface area contributed by atoms with Gasteiger partial charge in [-0.1, -0.05) is 0 Å². The molecule has 0 amide bonds. The van der Waals surface area contributed by atoms with Crippen molar-refractivity contribution in [2.75, 3.05) is 13.2 Å². The summed E-state index contributed by atoms with van der Waals surface area (Å²) in [4.78, 5) is 11.4. The molecule has 0 aromatic rings. The molecular formula is C12H17F5O2. The number of Topliss-reactive ketones (excluding diaryl/α,β-unsaturated/α-hetero) is 1. The second kappa shape index (κ2) is 6.63. The van der Waals surface area contributed by atoms with Crippen LogP contribution < -0.4 is 0 Å². The van der Waals surface area contributed by atoms with E-state index in [4.69, 9.17) is 0 Å². The summed E-state index contributed by atoms with van der Waals surface area (Å²) in [6.45, 7) is -1.71. The van der Waals surface area contributed by atoms with E-state index in [0.29, 0.717) is 12.8 Å². The highest BCUT2D eigenvalue weighted by Crippen LogP contribution is 2.38. The van der Waals surface area contributed by atoms with Gasteiger partial charge in [0.2, 0.25) is 5.92 Å². The molecule has 0 bridgehead atoms. The number of carbonyl (C=O) groups excluding carboxylic acids is 1. The summed E-state index contributed by atoms with van der Waals surface area (Å²) in [5.41, 5.74) is 0. The van der Waals surface area contributed by atoms with Crippen LogP contribution in [0.2, 0.25) is 0 Å². The van der Waals surface area contributed by atoms with Crippen molar-refractivity contribution in [3.8, 4) is 0 Å². The highest BCUT2D eigenvalue weighted by Gasteiger charge is 2.36. The van der Waals surface area contributed by atoms with Gasteiger partial charge in [0, 0.05) is 25.7 Å². The van der Waals surface area contributed by atoms with Crippen molar-refractivity contribution in [1.82, 2.24) is 0 Å². The van der Waals surface area contributed by atoms with Gasteiger partial charge in [0.05, 0.1) is 6.61 Å². The number of ketones is 1. The van der Waals surface area contributed by atoms with Crippen LogP contribution in [0.4, 0.5) is 22.0 Å². The minimum Gasteiger partial charge on any atom is -0.372 e. The summed E-state index contributed by atoms with van der Waals surface area (Å²) in [7, 11) is 0. The van der Waals surface area contributed by atoms with E-state index in [1.807, 2.05) is 0 Å². The Kier molecular flexibility index (Phi) is 5.70. The Morgan fingerprint density at radius 2 is 2.00 bits per heavy atom. The highest BCUT2D eigenvalue weighted by atomic mass is 19.4. The lowest BCUT2D eigenvalue weighted by Crippen LogP contribution is -2.27. The van der Waals surface area contributed by atoms with E-state index >= 15 is 0 Å². The van der Waals surface area contributed by atoms with E-state index in [1.54, 1.807) is 0 Å². The van der Waals surface area contributed by atoms with E-state index in [-0.39, 0.29) is 44.0 Å². The molecule has 0 saturated heterocycles. The standard InChI is InChI=1S/C12H17F5O2/c13-11(14)4-1-2-9(7-11)6-10(18)3-5-19-8-12(15,16)17/h9H,1-8H2. The highest BCUT2D eigenvalue weighted by molar-refractivity contribution is 5.78. The average Bonchev–Trinajstić information content (AvgIpc) is 2.21. The Bertz CT molecular complexity index is 301. The summed E-state index contributed by atoms with van der Waals surface area (Å²) in [5, 5.41) is 0. The van der Waals surface area contributed by atoms with E-state index in [9.17, 15) is 26.7 Å². The van der Waals surface area contributed by atoms with Crippen molar-refractivity contribution in [2.45, 2.75) is 50.6 Å². The van der Waals surface area contributed by atoms with Crippen LogP contribution in [-0.2, 0) is 9.53 Å². The Labute approximate surface area is 108 Å². The van der Waals surface area contributed by atoms with Gasteiger partial charge in [0.1, 0.15) is 12.4 Å². The molecule has 0 aromatic carbocycles. The summed E-state index contributed by atoms with van der Waals surface area (Å²) in [6, 6.07) is 0. The van der Waals surface area contributed by atoms with E-state index in [1.165, 1.54) is 0 Å². The molecule has 1 aliphatic rings. The Balaban J connectivity index is 2.17. The zero-order chi connectivity index (χ0) is 14.5. The molecule has 2 nitrogen and oxygen atoms in total. The van der Waals surface area contributed by atoms with Gasteiger partial charge in [-0.25, -0.2) is 8.78 Å². The molecule has 7 heteroatoms. The fourth-order valence-electron chi connectivity index (χ4n) is 2.25. The topological polar surface area (TPSA) is 26.3 Å². The maximum Gasteiger partial charge on any atom is 0.411 e. The Hall–Kier alpha value is -0.720. The molecule has 0 aliphatic heterocycles. The molecule has 112 valence electrons. The van der Waals surface area contributed by atoms with Crippen LogP contribution in [0.1, 0.15) is 38.5 Å². The first kappa shape index (κ1) is 16.3. The maximum atomic E-state index is 13.1. The molecule has 0 N–H and O–H groups in total. The first-order valence-corrected chi connectivity index (χ1v) is 6.22. The molecular weight excluding hydrogens is 271 g/mol. The zero-order valence-electron chi connectivity index (χ0n) is 10.4. The van der Waals surface area contributed by atoms with Crippen LogP contribution in [0.25, 0.3) is 0 Å². The largest absolute Gasteiger partial charge is 0.411 e. The number of halogens is 5. The molecule has 1 saturated carbocycles.